The second-order valence-electron chi connectivity index (χ2n) is 5.85. The molecule has 0 unspecified atom stereocenters. The predicted octanol–water partition coefficient (Wildman–Crippen LogP) is 2.61. The number of rotatable bonds is 3. The molecule has 1 aliphatic heterocycles. The van der Waals surface area contributed by atoms with Crippen LogP contribution in [-0.2, 0) is 16.1 Å². The van der Waals surface area contributed by atoms with Gasteiger partial charge in [0, 0.05) is 35.8 Å². The van der Waals surface area contributed by atoms with Crippen LogP contribution >= 0.6 is 15.9 Å². The van der Waals surface area contributed by atoms with E-state index in [0.717, 1.165) is 47.0 Å². The van der Waals surface area contributed by atoms with Gasteiger partial charge in [-0.2, -0.15) is 5.10 Å². The van der Waals surface area contributed by atoms with Gasteiger partial charge in [0.25, 0.3) is 0 Å². The quantitative estimate of drug-likeness (QED) is 0.888. The van der Waals surface area contributed by atoms with E-state index in [2.05, 4.69) is 21.0 Å². The molecule has 2 heterocycles. The van der Waals surface area contributed by atoms with Gasteiger partial charge in [0.05, 0.1) is 11.2 Å². The second-order valence-corrected chi connectivity index (χ2v) is 6.71. The summed E-state index contributed by atoms with van der Waals surface area (Å²) in [5.74, 6) is -0.569. The average Bonchev–Trinajstić information content (AvgIpc) is 2.87. The number of piperidine rings is 1. The van der Waals surface area contributed by atoms with E-state index in [9.17, 15) is 9.59 Å². The summed E-state index contributed by atoms with van der Waals surface area (Å²) in [5.41, 5.74) is 1.75. The second kappa shape index (κ2) is 6.31. The highest BCUT2D eigenvalue weighted by Gasteiger charge is 2.27. The molecule has 0 radical (unpaired) electrons. The highest BCUT2D eigenvalue weighted by Crippen LogP contribution is 2.36. The number of aromatic nitrogens is 2. The van der Waals surface area contributed by atoms with Gasteiger partial charge in [-0.05, 0) is 25.0 Å². The van der Waals surface area contributed by atoms with Gasteiger partial charge < -0.3 is 10.0 Å². The summed E-state index contributed by atoms with van der Waals surface area (Å²) in [7, 11) is 0. The van der Waals surface area contributed by atoms with E-state index in [1.54, 1.807) is 11.6 Å². The van der Waals surface area contributed by atoms with Gasteiger partial charge in [-0.15, -0.1) is 0 Å². The molecule has 122 valence electrons. The molecule has 1 aliphatic rings. The lowest BCUT2D eigenvalue weighted by Gasteiger charge is -2.30. The molecule has 0 spiro atoms. The Bertz CT molecular complexity index is 763. The molecule has 1 saturated heterocycles. The molecular formula is C16H18BrN3O3. The fourth-order valence-electron chi connectivity index (χ4n) is 3.22. The number of carboxylic acid groups (broad SMARTS) is 1. The van der Waals surface area contributed by atoms with Crippen LogP contribution < -0.4 is 0 Å². The first-order valence-electron chi connectivity index (χ1n) is 7.59. The number of aliphatic carboxylic acids is 1. The Morgan fingerprint density at radius 1 is 1.35 bits per heavy atom. The number of hydrogen-bond donors (Lipinski definition) is 1. The number of hydrogen-bond acceptors (Lipinski definition) is 3. The number of fused-ring (bicyclic) bond motifs is 1. The summed E-state index contributed by atoms with van der Waals surface area (Å²) in [6, 6.07) is 5.72. The third kappa shape index (κ3) is 3.10. The zero-order valence-corrected chi connectivity index (χ0v) is 14.4. The molecule has 0 saturated carbocycles. The number of nitrogens with zero attached hydrogens (tertiary/aromatic N) is 3. The van der Waals surface area contributed by atoms with Crippen LogP contribution in [0.2, 0.25) is 0 Å². The van der Waals surface area contributed by atoms with Crippen molar-refractivity contribution in [3.63, 3.8) is 0 Å². The van der Waals surface area contributed by atoms with E-state index >= 15 is 0 Å². The highest BCUT2D eigenvalue weighted by molar-refractivity contribution is 9.10. The largest absolute Gasteiger partial charge is 0.480 e. The SMILES string of the molecule is CC(=O)N1CCC(c2nn(CC(=O)O)c3cccc(Br)c23)CC1. The van der Waals surface area contributed by atoms with Crippen LogP contribution in [0.5, 0.6) is 0 Å². The molecule has 1 fully saturated rings. The molecule has 1 N–H and O–H groups in total. The van der Waals surface area contributed by atoms with Crippen LogP contribution in [0.3, 0.4) is 0 Å². The standard InChI is InChI=1S/C16H18BrN3O3/c1-10(21)19-7-5-11(6-8-19)16-15-12(17)3-2-4-13(15)20(18-16)9-14(22)23/h2-4,11H,5-9H2,1H3,(H,22,23). The Morgan fingerprint density at radius 2 is 2.04 bits per heavy atom. The van der Waals surface area contributed by atoms with Crippen LogP contribution in [-0.4, -0.2) is 44.8 Å². The van der Waals surface area contributed by atoms with Crippen LogP contribution in [0, 0.1) is 0 Å². The van der Waals surface area contributed by atoms with Crippen LogP contribution in [0.4, 0.5) is 0 Å². The van der Waals surface area contributed by atoms with E-state index in [1.165, 1.54) is 0 Å². The third-order valence-corrected chi connectivity index (χ3v) is 5.03. The summed E-state index contributed by atoms with van der Waals surface area (Å²) in [6.45, 7) is 2.88. The molecule has 6 nitrogen and oxygen atoms in total. The number of carbonyl (C=O) groups is 2. The predicted molar refractivity (Wildman–Crippen MR) is 89.3 cm³/mol. The first-order chi connectivity index (χ1) is 11.0. The molecule has 0 aliphatic carbocycles. The van der Waals surface area contributed by atoms with Gasteiger partial charge in [-0.25, -0.2) is 0 Å². The highest BCUT2D eigenvalue weighted by atomic mass is 79.9. The minimum absolute atomic E-state index is 0.103. The molecule has 3 rings (SSSR count). The van der Waals surface area contributed by atoms with Gasteiger partial charge in [-0.1, -0.05) is 22.0 Å². The van der Waals surface area contributed by atoms with Crippen LogP contribution in [0.25, 0.3) is 10.9 Å². The summed E-state index contributed by atoms with van der Waals surface area (Å²) < 4.78 is 2.48. The van der Waals surface area contributed by atoms with E-state index in [4.69, 9.17) is 5.11 Å². The van der Waals surface area contributed by atoms with Gasteiger partial charge in [0.1, 0.15) is 6.54 Å². The lowest BCUT2D eigenvalue weighted by Crippen LogP contribution is -2.36. The molecule has 1 amide bonds. The van der Waals surface area contributed by atoms with Crippen molar-refractivity contribution >= 4 is 38.7 Å². The Kier molecular flexibility index (Phi) is 4.39. The number of likely N-dealkylation sites (tertiary alicyclic amines) is 1. The van der Waals surface area contributed by atoms with Crippen LogP contribution in [0.15, 0.2) is 22.7 Å². The van der Waals surface area contributed by atoms with Gasteiger partial charge in [0.2, 0.25) is 5.91 Å². The molecule has 0 bridgehead atoms. The van der Waals surface area contributed by atoms with E-state index in [0.29, 0.717) is 0 Å². The van der Waals surface area contributed by atoms with Crippen molar-refractivity contribution in [3.8, 4) is 0 Å². The molecule has 1 aromatic heterocycles. The number of halogens is 1. The maximum Gasteiger partial charge on any atom is 0.325 e. The lowest BCUT2D eigenvalue weighted by molar-refractivity contribution is -0.137. The van der Waals surface area contributed by atoms with Crippen molar-refractivity contribution in [1.82, 2.24) is 14.7 Å². The Hall–Kier alpha value is -1.89. The zero-order chi connectivity index (χ0) is 16.6. The molecule has 23 heavy (non-hydrogen) atoms. The Morgan fingerprint density at radius 3 is 2.65 bits per heavy atom. The normalized spacial score (nSPS) is 16.0. The molecular weight excluding hydrogens is 362 g/mol. The molecule has 7 heteroatoms. The van der Waals surface area contributed by atoms with Gasteiger partial charge >= 0.3 is 5.97 Å². The average molecular weight is 380 g/mol. The summed E-state index contributed by atoms with van der Waals surface area (Å²) in [4.78, 5) is 24.4. The topological polar surface area (TPSA) is 75.4 Å². The maximum atomic E-state index is 11.5. The molecule has 0 atom stereocenters. The first-order valence-corrected chi connectivity index (χ1v) is 8.39. The van der Waals surface area contributed by atoms with Crippen molar-refractivity contribution in [2.75, 3.05) is 13.1 Å². The minimum atomic E-state index is -0.910. The Labute approximate surface area is 142 Å². The third-order valence-electron chi connectivity index (χ3n) is 4.37. The number of carboxylic acids is 1. The van der Waals surface area contributed by atoms with Crippen molar-refractivity contribution in [2.45, 2.75) is 32.2 Å². The van der Waals surface area contributed by atoms with Crippen molar-refractivity contribution in [2.24, 2.45) is 0 Å². The smallest absolute Gasteiger partial charge is 0.325 e. The van der Waals surface area contributed by atoms with Crippen molar-refractivity contribution in [1.29, 1.82) is 0 Å². The summed E-state index contributed by atoms with van der Waals surface area (Å²) in [5, 5.41) is 14.7. The fourth-order valence-corrected chi connectivity index (χ4v) is 3.78. The minimum Gasteiger partial charge on any atom is -0.480 e. The van der Waals surface area contributed by atoms with Crippen molar-refractivity contribution < 1.29 is 14.7 Å². The zero-order valence-electron chi connectivity index (χ0n) is 12.8. The first kappa shape index (κ1) is 16.0. The molecule has 2 aromatic rings. The molecule has 1 aromatic carbocycles. The van der Waals surface area contributed by atoms with Crippen LogP contribution in [0.1, 0.15) is 31.4 Å². The lowest BCUT2D eigenvalue weighted by atomic mass is 9.91. The van der Waals surface area contributed by atoms with Gasteiger partial charge in [-0.3, -0.25) is 14.3 Å². The maximum absolute atomic E-state index is 11.5. The number of benzene rings is 1. The monoisotopic (exact) mass is 379 g/mol. The van der Waals surface area contributed by atoms with E-state index in [1.807, 2.05) is 23.1 Å². The summed E-state index contributed by atoms with van der Waals surface area (Å²) in [6.07, 6.45) is 1.69. The van der Waals surface area contributed by atoms with Crippen molar-refractivity contribution in [3.05, 3.63) is 28.4 Å². The van der Waals surface area contributed by atoms with E-state index in [-0.39, 0.29) is 18.4 Å². The number of carbonyl (C=O) groups excluding carboxylic acids is 1. The Balaban J connectivity index is 1.98. The number of amides is 1. The van der Waals surface area contributed by atoms with E-state index < -0.39 is 5.97 Å². The summed E-state index contributed by atoms with van der Waals surface area (Å²) >= 11 is 3.56. The van der Waals surface area contributed by atoms with Gasteiger partial charge in [0.15, 0.2) is 0 Å². The fraction of sp³-hybridized carbons (Fsp3) is 0.438.